The number of nitrogens with zero attached hydrogens (tertiary/aromatic N) is 8. The number of anilines is 2. The van der Waals surface area contributed by atoms with E-state index >= 15 is 0 Å². The average molecular weight is 879 g/mol. The summed E-state index contributed by atoms with van der Waals surface area (Å²) in [7, 11) is 1.62. The molecule has 0 radical (unpaired) electrons. The molecule has 2 aliphatic heterocycles. The van der Waals surface area contributed by atoms with E-state index in [-0.39, 0.29) is 29.8 Å². The van der Waals surface area contributed by atoms with Gasteiger partial charge in [0, 0.05) is 60.7 Å². The number of benzene rings is 2. The van der Waals surface area contributed by atoms with Crippen LogP contribution in [-0.4, -0.2) is 93.6 Å². The zero-order chi connectivity index (χ0) is 45.1. The number of hydrogen-bond acceptors (Lipinski definition) is 13. The van der Waals surface area contributed by atoms with Crippen LogP contribution in [0.1, 0.15) is 105 Å². The molecule has 19 nitrogen and oxygen atoms in total. The third-order valence-corrected chi connectivity index (χ3v) is 12.4. The molecule has 1 atom stereocenters. The number of piperidine rings is 1. The molecule has 0 bridgehead atoms. The molecule has 10 rings (SSSR count). The zero-order valence-corrected chi connectivity index (χ0v) is 36.3. The molecular weight excluding hydrogens is 833 g/mol. The summed E-state index contributed by atoms with van der Waals surface area (Å²) in [6, 6.07) is 10.1. The van der Waals surface area contributed by atoms with Gasteiger partial charge in [-0.2, -0.15) is 5.10 Å². The predicted molar refractivity (Wildman–Crippen MR) is 236 cm³/mol. The van der Waals surface area contributed by atoms with Crippen molar-refractivity contribution in [3.8, 4) is 16.9 Å². The number of imidazole rings is 1. The van der Waals surface area contributed by atoms with Gasteiger partial charge < -0.3 is 29.4 Å². The van der Waals surface area contributed by atoms with Gasteiger partial charge in [-0.3, -0.25) is 34.2 Å². The van der Waals surface area contributed by atoms with Gasteiger partial charge in [-0.25, -0.2) is 19.6 Å². The van der Waals surface area contributed by atoms with Crippen LogP contribution in [0, 0.1) is 13.8 Å². The number of aromatic amines is 1. The highest BCUT2D eigenvalue weighted by Gasteiger charge is 2.45. The second kappa shape index (κ2) is 16.5. The molecule has 5 aromatic heterocycles. The van der Waals surface area contributed by atoms with Crippen molar-refractivity contribution in [3.05, 3.63) is 94.3 Å². The maximum absolute atomic E-state index is 13.8. The number of aromatic nitrogens is 8. The summed E-state index contributed by atoms with van der Waals surface area (Å²) in [5.74, 6) is 0.370. The molecule has 332 valence electrons. The van der Waals surface area contributed by atoms with Crippen LogP contribution < -0.4 is 20.7 Å². The number of nitrogens with one attached hydrogen (secondary N) is 4. The highest BCUT2D eigenvalue weighted by atomic mass is 16.5. The first-order valence-electron chi connectivity index (χ1n) is 21.8. The quantitative estimate of drug-likeness (QED) is 0.0744. The van der Waals surface area contributed by atoms with Crippen molar-refractivity contribution in [2.45, 2.75) is 90.8 Å². The fraction of sp³-hybridized carbons (Fsp3) is 0.348. The van der Waals surface area contributed by atoms with Gasteiger partial charge in [0.15, 0.2) is 0 Å². The van der Waals surface area contributed by atoms with Gasteiger partial charge in [-0.05, 0) is 83.1 Å². The van der Waals surface area contributed by atoms with Crippen LogP contribution in [-0.2, 0) is 35.5 Å². The molecular formula is C46H46N12O7. The molecule has 1 unspecified atom stereocenters. The second-order valence-electron chi connectivity index (χ2n) is 16.7. The number of carbonyl (C=O) groups excluding carboxylic acids is 5. The monoisotopic (exact) mass is 878 g/mol. The van der Waals surface area contributed by atoms with E-state index in [1.807, 2.05) is 48.3 Å². The van der Waals surface area contributed by atoms with Crippen molar-refractivity contribution in [1.29, 1.82) is 0 Å². The van der Waals surface area contributed by atoms with Gasteiger partial charge in [0.05, 0.1) is 52.6 Å². The van der Waals surface area contributed by atoms with E-state index in [4.69, 9.17) is 24.3 Å². The molecule has 4 N–H and O–H groups in total. The van der Waals surface area contributed by atoms with Gasteiger partial charge >= 0.3 is 0 Å². The molecule has 1 saturated heterocycles. The van der Waals surface area contributed by atoms with Crippen LogP contribution in [0.3, 0.4) is 0 Å². The Bertz CT molecular complexity index is 3080. The van der Waals surface area contributed by atoms with E-state index < -0.39 is 35.6 Å². The Morgan fingerprint density at radius 1 is 1.00 bits per heavy atom. The zero-order valence-electron chi connectivity index (χ0n) is 36.3. The highest BCUT2D eigenvalue weighted by Crippen LogP contribution is 2.43. The molecule has 7 heterocycles. The highest BCUT2D eigenvalue weighted by molar-refractivity contribution is 6.24. The first-order valence-corrected chi connectivity index (χ1v) is 21.8. The van der Waals surface area contributed by atoms with E-state index in [1.54, 1.807) is 31.6 Å². The second-order valence-corrected chi connectivity index (χ2v) is 16.7. The first kappa shape index (κ1) is 41.3. The number of imide groups is 2. The Kier molecular flexibility index (Phi) is 10.5. The molecule has 2 aromatic carbocycles. The lowest BCUT2D eigenvalue weighted by atomic mass is 9.98. The van der Waals surface area contributed by atoms with Crippen LogP contribution in [0.15, 0.2) is 53.4 Å². The summed E-state index contributed by atoms with van der Waals surface area (Å²) in [6.07, 6.45) is 7.53. The van der Waals surface area contributed by atoms with Crippen LogP contribution in [0.2, 0.25) is 0 Å². The van der Waals surface area contributed by atoms with Crippen LogP contribution in [0.5, 0.6) is 5.75 Å². The molecule has 7 aromatic rings. The lowest BCUT2D eigenvalue weighted by Crippen LogP contribution is -2.54. The van der Waals surface area contributed by atoms with Gasteiger partial charge in [0.25, 0.3) is 17.7 Å². The minimum atomic E-state index is -1.03. The summed E-state index contributed by atoms with van der Waals surface area (Å²) in [5, 5.41) is 19.2. The van der Waals surface area contributed by atoms with E-state index in [0.717, 1.165) is 62.7 Å². The summed E-state index contributed by atoms with van der Waals surface area (Å²) >= 11 is 0. The minimum Gasteiger partial charge on any atom is -0.496 e. The first-order chi connectivity index (χ1) is 31.5. The Labute approximate surface area is 371 Å². The topological polar surface area (TPSA) is 237 Å². The molecule has 5 amide bonds. The number of carbonyl (C=O) groups is 5. The Morgan fingerprint density at radius 2 is 1.85 bits per heavy atom. The van der Waals surface area contributed by atoms with Gasteiger partial charge in [0.1, 0.15) is 34.8 Å². The van der Waals surface area contributed by atoms with E-state index in [9.17, 15) is 24.0 Å². The normalized spacial score (nSPS) is 16.2. The summed E-state index contributed by atoms with van der Waals surface area (Å²) in [6.45, 7) is 7.32. The molecule has 1 aliphatic carbocycles. The number of fused-ring (bicyclic) bond motifs is 4. The fourth-order valence-electron chi connectivity index (χ4n) is 8.98. The molecule has 19 heteroatoms. The third kappa shape index (κ3) is 7.55. The van der Waals surface area contributed by atoms with Crippen molar-refractivity contribution >= 4 is 63.1 Å². The summed E-state index contributed by atoms with van der Waals surface area (Å²) in [5.41, 5.74) is 6.64. The van der Waals surface area contributed by atoms with Crippen molar-refractivity contribution in [1.82, 2.24) is 55.0 Å². The van der Waals surface area contributed by atoms with Crippen LogP contribution in [0.25, 0.3) is 33.1 Å². The standard InChI is InChI=1S/C46H46N12O7/c1-5-57-35(20-31(54-57)25-10-11-25)50-41-39-29-19-34(64-4)30(37-23(2)55-65-24(37)3)18-32(29)49-40(39)52-42(53-41)44(61)47-16-7-17-56-21-27(48-22-56)13-12-26-8-6-9-28-38(26)46(63)58(45(28)62)33-14-15-36(59)51-43(33)60/h6,8-9,18-22,25,33H,5,7,10-17H2,1-4H3,(H,47,61)(H,51,59,60)(H2,49,50,52,53). The van der Waals surface area contributed by atoms with E-state index in [1.165, 1.54) is 0 Å². The minimum absolute atomic E-state index is 0.00725. The van der Waals surface area contributed by atoms with Crippen LogP contribution >= 0.6 is 0 Å². The molecule has 1 saturated carbocycles. The smallest absolute Gasteiger partial charge is 0.289 e. The molecule has 0 spiro atoms. The average Bonchev–Trinajstić information content (AvgIpc) is 3.51. The number of aryl methyl sites for hydroxylation is 6. The number of rotatable bonds is 15. The van der Waals surface area contributed by atoms with Crippen molar-refractivity contribution in [2.24, 2.45) is 0 Å². The fourth-order valence-corrected chi connectivity index (χ4v) is 8.98. The number of methoxy groups -OCH3 is 1. The molecule has 3 aliphatic rings. The summed E-state index contributed by atoms with van der Waals surface area (Å²) < 4.78 is 15.2. The Morgan fingerprint density at radius 3 is 2.60 bits per heavy atom. The maximum Gasteiger partial charge on any atom is 0.289 e. The number of ether oxygens (including phenoxy) is 1. The lowest BCUT2D eigenvalue weighted by Gasteiger charge is -2.27. The van der Waals surface area contributed by atoms with Gasteiger partial charge in [0.2, 0.25) is 17.6 Å². The number of amides is 5. The van der Waals surface area contributed by atoms with E-state index in [0.29, 0.717) is 78.7 Å². The van der Waals surface area contributed by atoms with Crippen molar-refractivity contribution in [3.63, 3.8) is 0 Å². The largest absolute Gasteiger partial charge is 0.496 e. The van der Waals surface area contributed by atoms with Gasteiger partial charge in [-0.15, -0.1) is 0 Å². The molecule has 2 fully saturated rings. The van der Waals surface area contributed by atoms with Crippen molar-refractivity contribution < 1.29 is 33.2 Å². The van der Waals surface area contributed by atoms with Crippen molar-refractivity contribution in [2.75, 3.05) is 19.0 Å². The molecule has 65 heavy (non-hydrogen) atoms. The number of H-pyrrole nitrogens is 1. The predicted octanol–water partition coefficient (Wildman–Crippen LogP) is 5.43. The van der Waals surface area contributed by atoms with Gasteiger partial charge in [-0.1, -0.05) is 17.3 Å². The van der Waals surface area contributed by atoms with Crippen LogP contribution in [0.4, 0.5) is 11.6 Å². The summed E-state index contributed by atoms with van der Waals surface area (Å²) in [4.78, 5) is 83.4. The SMILES string of the molecule is CCn1nc(C2CC2)cc1Nc1nc(C(=O)NCCCn2cnc(CCc3cccc4c3C(=O)N(C3CCC(=O)NC3=O)C4=O)c2)nc2[nH]c3cc(-c4c(C)noc4C)c(OC)cc3c12. The lowest BCUT2D eigenvalue weighted by molar-refractivity contribution is -0.136. The Hall–Kier alpha value is -7.70. The number of hydrogen-bond donors (Lipinski definition) is 4. The maximum atomic E-state index is 13.8. The Balaban J connectivity index is 0.833. The third-order valence-electron chi connectivity index (χ3n) is 12.4. The van der Waals surface area contributed by atoms with E-state index in [2.05, 4.69) is 37.1 Å².